The molecule has 1 aromatic carbocycles. The molecule has 2 aromatic heterocycles. The van der Waals surface area contributed by atoms with Gasteiger partial charge in [-0.05, 0) is 49.4 Å². The summed E-state index contributed by atoms with van der Waals surface area (Å²) in [6.45, 7) is 0. The molecule has 1 aliphatic rings. The molecule has 0 saturated carbocycles. The molecule has 0 unspecified atom stereocenters. The number of ether oxygens (including phenoxy) is 1. The summed E-state index contributed by atoms with van der Waals surface area (Å²) in [5.41, 5.74) is 5.09. The fourth-order valence-electron chi connectivity index (χ4n) is 3.27. The smallest absolute Gasteiger partial charge is 0.129 e. The van der Waals surface area contributed by atoms with Gasteiger partial charge in [0.15, 0.2) is 0 Å². The first-order valence-electron chi connectivity index (χ1n) is 8.92. The number of methoxy groups -OCH3 is 1. The Labute approximate surface area is 167 Å². The van der Waals surface area contributed by atoms with Gasteiger partial charge in [0.2, 0.25) is 0 Å². The second-order valence-corrected chi connectivity index (χ2v) is 8.22. The van der Waals surface area contributed by atoms with Crippen molar-refractivity contribution in [3.63, 3.8) is 0 Å². The highest BCUT2D eigenvalue weighted by molar-refractivity contribution is 7.98. The summed E-state index contributed by atoms with van der Waals surface area (Å²) in [6, 6.07) is 12.3. The highest BCUT2D eigenvalue weighted by atomic mass is 32.2. The van der Waals surface area contributed by atoms with Crippen LogP contribution in [0.2, 0.25) is 0 Å². The van der Waals surface area contributed by atoms with Gasteiger partial charge in [-0.25, -0.2) is 9.97 Å². The van der Waals surface area contributed by atoms with Gasteiger partial charge >= 0.3 is 0 Å². The maximum absolute atomic E-state index is 9.50. The zero-order valence-corrected chi connectivity index (χ0v) is 16.7. The van der Waals surface area contributed by atoms with Crippen LogP contribution in [0, 0.1) is 11.3 Å². The van der Waals surface area contributed by atoms with E-state index in [2.05, 4.69) is 11.4 Å². The minimum atomic E-state index is 0.681. The summed E-state index contributed by atoms with van der Waals surface area (Å²) in [5.74, 6) is 1.53. The first-order valence-corrected chi connectivity index (χ1v) is 10.8. The molecule has 3 aromatic rings. The molecule has 0 saturated heterocycles. The molecule has 6 heteroatoms. The topological polar surface area (TPSA) is 58.8 Å². The summed E-state index contributed by atoms with van der Waals surface area (Å²) in [5, 5.41) is 13.3. The van der Waals surface area contributed by atoms with Crippen molar-refractivity contribution in [1.29, 1.82) is 5.26 Å². The average molecular weight is 394 g/mol. The Kier molecular flexibility index (Phi) is 5.42. The molecule has 27 heavy (non-hydrogen) atoms. The summed E-state index contributed by atoms with van der Waals surface area (Å²) in [4.78, 5) is 9.54. The third-order valence-electron chi connectivity index (χ3n) is 4.63. The Morgan fingerprint density at radius 3 is 2.93 bits per heavy atom. The number of benzene rings is 1. The molecule has 0 bridgehead atoms. The van der Waals surface area contributed by atoms with Crippen molar-refractivity contribution in [1.82, 2.24) is 9.97 Å². The van der Waals surface area contributed by atoms with E-state index >= 15 is 0 Å². The first kappa shape index (κ1) is 18.0. The molecule has 0 fully saturated rings. The van der Waals surface area contributed by atoms with E-state index in [1.165, 1.54) is 18.4 Å². The molecule has 136 valence electrons. The van der Waals surface area contributed by atoms with Crippen LogP contribution in [0.5, 0.6) is 5.75 Å². The average Bonchev–Trinajstić information content (AvgIpc) is 3.20. The molecule has 0 N–H and O–H groups in total. The maximum Gasteiger partial charge on any atom is 0.129 e. The minimum absolute atomic E-state index is 0.681. The number of aromatic nitrogens is 2. The summed E-state index contributed by atoms with van der Waals surface area (Å²) < 4.78 is 5.44. The number of nitriles is 1. The van der Waals surface area contributed by atoms with Gasteiger partial charge in [0.1, 0.15) is 21.9 Å². The number of para-hydroxylation sites is 1. The van der Waals surface area contributed by atoms with Gasteiger partial charge in [0.05, 0.1) is 23.9 Å². The lowest BCUT2D eigenvalue weighted by Crippen LogP contribution is -2.07. The van der Waals surface area contributed by atoms with Gasteiger partial charge in [-0.1, -0.05) is 23.9 Å². The number of pyridine rings is 1. The van der Waals surface area contributed by atoms with Gasteiger partial charge < -0.3 is 4.74 Å². The molecule has 2 heterocycles. The third kappa shape index (κ3) is 3.85. The predicted octanol–water partition coefficient (Wildman–Crippen LogP) is 5.26. The lowest BCUT2D eigenvalue weighted by Gasteiger charge is -2.16. The lowest BCUT2D eigenvalue weighted by molar-refractivity contribution is 0.416. The van der Waals surface area contributed by atoms with Crippen LogP contribution in [-0.4, -0.2) is 17.1 Å². The van der Waals surface area contributed by atoms with Crippen molar-refractivity contribution in [3.05, 3.63) is 58.2 Å². The van der Waals surface area contributed by atoms with E-state index in [0.717, 1.165) is 45.6 Å². The van der Waals surface area contributed by atoms with Crippen LogP contribution < -0.4 is 4.74 Å². The number of hydrogen-bond donors (Lipinski definition) is 0. The van der Waals surface area contributed by atoms with E-state index in [1.54, 1.807) is 30.2 Å². The Morgan fingerprint density at radius 2 is 2.07 bits per heavy atom. The fourth-order valence-corrected chi connectivity index (χ4v) is 5.09. The van der Waals surface area contributed by atoms with Crippen molar-refractivity contribution in [2.75, 3.05) is 7.11 Å². The normalized spacial score (nSPS) is 13.0. The number of aryl methyl sites for hydroxylation is 2. The van der Waals surface area contributed by atoms with Gasteiger partial charge in [-0.15, -0.1) is 11.3 Å². The molecule has 1 aliphatic carbocycles. The van der Waals surface area contributed by atoms with E-state index in [4.69, 9.17) is 14.7 Å². The lowest BCUT2D eigenvalue weighted by atomic mass is 9.95. The minimum Gasteiger partial charge on any atom is -0.496 e. The van der Waals surface area contributed by atoms with Crippen molar-refractivity contribution in [2.45, 2.75) is 36.5 Å². The van der Waals surface area contributed by atoms with Crippen molar-refractivity contribution in [3.8, 4) is 22.4 Å². The fraction of sp³-hybridized carbons (Fsp3) is 0.286. The second kappa shape index (κ2) is 8.12. The molecule has 0 radical (unpaired) electrons. The van der Waals surface area contributed by atoms with Crippen LogP contribution in [-0.2, 0) is 18.6 Å². The highest BCUT2D eigenvalue weighted by Gasteiger charge is 2.16. The molecule has 4 nitrogen and oxygen atoms in total. The molecule has 0 amide bonds. The SMILES string of the molecule is COc1ccccc1-c1nc(CSc2nc3c(cc2C#N)CCCC3)cs1. The summed E-state index contributed by atoms with van der Waals surface area (Å²) in [6.07, 6.45) is 4.43. The van der Waals surface area contributed by atoms with E-state index in [9.17, 15) is 5.26 Å². The predicted molar refractivity (Wildman–Crippen MR) is 109 cm³/mol. The maximum atomic E-state index is 9.50. The number of rotatable bonds is 5. The zero-order chi connectivity index (χ0) is 18.6. The van der Waals surface area contributed by atoms with Crippen molar-refractivity contribution in [2.24, 2.45) is 0 Å². The highest BCUT2D eigenvalue weighted by Crippen LogP contribution is 2.34. The van der Waals surface area contributed by atoms with Gasteiger partial charge in [-0.3, -0.25) is 0 Å². The van der Waals surface area contributed by atoms with E-state index < -0.39 is 0 Å². The number of thioether (sulfide) groups is 1. The molecule has 0 aliphatic heterocycles. The molecular weight excluding hydrogens is 374 g/mol. The number of fused-ring (bicyclic) bond motifs is 1. The zero-order valence-electron chi connectivity index (χ0n) is 15.1. The van der Waals surface area contributed by atoms with Crippen molar-refractivity contribution >= 4 is 23.1 Å². The monoisotopic (exact) mass is 393 g/mol. The van der Waals surface area contributed by atoms with Crippen LogP contribution in [0.4, 0.5) is 0 Å². The molecular formula is C21H19N3OS2. The molecule has 0 spiro atoms. The third-order valence-corrected chi connectivity index (χ3v) is 6.58. The van der Waals surface area contributed by atoms with Crippen LogP contribution >= 0.6 is 23.1 Å². The van der Waals surface area contributed by atoms with E-state index in [0.29, 0.717) is 11.3 Å². The van der Waals surface area contributed by atoms with E-state index in [1.807, 2.05) is 30.3 Å². The first-order chi connectivity index (χ1) is 13.3. The Balaban J connectivity index is 1.53. The Hall–Kier alpha value is -2.36. The summed E-state index contributed by atoms with van der Waals surface area (Å²) in [7, 11) is 1.67. The standard InChI is InChI=1S/C21H19N3OS2/c1-25-19-9-5-3-7-17(19)21-23-16(13-27-21)12-26-20-15(11-22)10-14-6-2-4-8-18(14)24-20/h3,5,7,9-10,13H,2,4,6,8,12H2,1H3. The van der Waals surface area contributed by atoms with Crippen LogP contribution in [0.1, 0.15) is 35.4 Å². The quantitative estimate of drug-likeness (QED) is 0.554. The van der Waals surface area contributed by atoms with Gasteiger partial charge in [-0.2, -0.15) is 5.26 Å². The van der Waals surface area contributed by atoms with Gasteiger partial charge in [0.25, 0.3) is 0 Å². The van der Waals surface area contributed by atoms with Gasteiger partial charge in [0, 0.05) is 16.8 Å². The number of thiazole rings is 1. The van der Waals surface area contributed by atoms with E-state index in [-0.39, 0.29) is 0 Å². The Bertz CT molecular complexity index is 1010. The number of nitrogens with zero attached hydrogens (tertiary/aromatic N) is 3. The van der Waals surface area contributed by atoms with Crippen LogP contribution in [0.3, 0.4) is 0 Å². The molecule has 4 rings (SSSR count). The largest absolute Gasteiger partial charge is 0.496 e. The molecule has 0 atom stereocenters. The van der Waals surface area contributed by atoms with Crippen LogP contribution in [0.25, 0.3) is 10.6 Å². The number of hydrogen-bond acceptors (Lipinski definition) is 6. The Morgan fingerprint density at radius 1 is 1.22 bits per heavy atom. The summed E-state index contributed by atoms with van der Waals surface area (Å²) >= 11 is 3.21. The second-order valence-electron chi connectivity index (χ2n) is 6.40. The van der Waals surface area contributed by atoms with Crippen LogP contribution in [0.15, 0.2) is 40.7 Å². The van der Waals surface area contributed by atoms with Crippen molar-refractivity contribution < 1.29 is 4.74 Å².